The number of benzene rings is 1. The first-order chi connectivity index (χ1) is 12.6. The minimum absolute atomic E-state index is 0.0771. The first kappa shape index (κ1) is 18.8. The predicted molar refractivity (Wildman–Crippen MR) is 103 cm³/mol. The Morgan fingerprint density at radius 2 is 2.15 bits per heavy atom. The second-order valence-corrected chi connectivity index (χ2v) is 7.90. The smallest absolute Gasteiger partial charge is 0.275 e. The zero-order valence-corrected chi connectivity index (χ0v) is 16.2. The van der Waals surface area contributed by atoms with Crippen LogP contribution in [0.1, 0.15) is 44.2 Å². The van der Waals surface area contributed by atoms with Crippen molar-refractivity contribution in [1.82, 2.24) is 15.6 Å². The number of thiazole rings is 1. The molecule has 1 aliphatic rings. The third-order valence-corrected chi connectivity index (χ3v) is 6.00. The summed E-state index contributed by atoms with van der Waals surface area (Å²) in [5.41, 5.74) is 1.03. The third kappa shape index (κ3) is 4.40. The van der Waals surface area contributed by atoms with Gasteiger partial charge in [-0.1, -0.05) is 12.1 Å². The number of hydrogen-bond acceptors (Lipinski definition) is 4. The van der Waals surface area contributed by atoms with Crippen LogP contribution in [0.3, 0.4) is 0 Å². The number of fused-ring (bicyclic) bond motifs is 1. The zero-order valence-electron chi connectivity index (χ0n) is 15.4. The van der Waals surface area contributed by atoms with Crippen LogP contribution in [-0.2, 0) is 9.59 Å². The summed E-state index contributed by atoms with van der Waals surface area (Å²) in [5, 5.41) is 6.67. The molecule has 1 unspecified atom stereocenters. The number of hydrogen-bond donors (Lipinski definition) is 3. The number of likely N-dealkylation sites (tertiary alicyclic amines) is 1. The summed E-state index contributed by atoms with van der Waals surface area (Å²) in [6.07, 6.45) is 3.34. The SMILES string of the molecule is CCNC(=O)[C@H](C)NC(=O)C[NH+]1CCCC[C@@H]1c1nc2ccccc2s1. The highest BCUT2D eigenvalue weighted by Gasteiger charge is 2.32. The van der Waals surface area contributed by atoms with Crippen LogP contribution in [-0.4, -0.2) is 42.5 Å². The summed E-state index contributed by atoms with van der Waals surface area (Å²) < 4.78 is 1.20. The topological polar surface area (TPSA) is 75.5 Å². The van der Waals surface area contributed by atoms with Crippen molar-refractivity contribution in [2.45, 2.75) is 45.2 Å². The van der Waals surface area contributed by atoms with Gasteiger partial charge in [0.1, 0.15) is 12.1 Å². The highest BCUT2D eigenvalue weighted by molar-refractivity contribution is 7.18. The van der Waals surface area contributed by atoms with E-state index in [1.807, 2.05) is 25.1 Å². The Kier molecular flexibility index (Phi) is 6.21. The first-order valence-electron chi connectivity index (χ1n) is 9.35. The number of rotatable bonds is 6. The van der Waals surface area contributed by atoms with Gasteiger partial charge in [-0.25, -0.2) is 4.98 Å². The zero-order chi connectivity index (χ0) is 18.5. The summed E-state index contributed by atoms with van der Waals surface area (Å²) in [7, 11) is 0. The van der Waals surface area contributed by atoms with E-state index >= 15 is 0 Å². The van der Waals surface area contributed by atoms with E-state index in [1.165, 1.54) is 16.0 Å². The molecule has 3 atom stereocenters. The molecule has 7 heteroatoms. The lowest BCUT2D eigenvalue weighted by Gasteiger charge is -2.31. The van der Waals surface area contributed by atoms with E-state index in [4.69, 9.17) is 4.98 Å². The molecule has 0 saturated carbocycles. The van der Waals surface area contributed by atoms with Crippen molar-refractivity contribution in [3.05, 3.63) is 29.3 Å². The number of quaternary nitrogens is 1. The molecule has 1 aromatic carbocycles. The molecule has 0 aliphatic carbocycles. The van der Waals surface area contributed by atoms with Crippen LogP contribution in [0.2, 0.25) is 0 Å². The molecule has 1 fully saturated rings. The number of likely N-dealkylation sites (N-methyl/N-ethyl adjacent to an activating group) is 1. The van der Waals surface area contributed by atoms with Gasteiger partial charge in [-0.05, 0) is 38.8 Å². The maximum Gasteiger partial charge on any atom is 0.275 e. The van der Waals surface area contributed by atoms with Crippen LogP contribution in [0.4, 0.5) is 0 Å². The van der Waals surface area contributed by atoms with Crippen LogP contribution in [0.15, 0.2) is 24.3 Å². The van der Waals surface area contributed by atoms with Crippen LogP contribution in [0.25, 0.3) is 10.2 Å². The van der Waals surface area contributed by atoms with Crippen LogP contribution in [0.5, 0.6) is 0 Å². The van der Waals surface area contributed by atoms with Gasteiger partial charge in [0.25, 0.3) is 5.91 Å². The fourth-order valence-corrected chi connectivity index (χ4v) is 4.68. The average molecular weight is 376 g/mol. The van der Waals surface area contributed by atoms with E-state index in [0.29, 0.717) is 13.1 Å². The Morgan fingerprint density at radius 1 is 1.35 bits per heavy atom. The van der Waals surface area contributed by atoms with E-state index in [9.17, 15) is 9.59 Å². The normalized spacial score (nSPS) is 21.3. The largest absolute Gasteiger partial charge is 0.355 e. The van der Waals surface area contributed by atoms with Gasteiger partial charge in [-0.3, -0.25) is 9.59 Å². The molecule has 1 aromatic heterocycles. The fraction of sp³-hybridized carbons (Fsp3) is 0.526. The molecule has 6 nitrogen and oxygen atoms in total. The molecule has 2 amide bonds. The molecule has 140 valence electrons. The molecule has 0 spiro atoms. The Balaban J connectivity index is 1.67. The maximum atomic E-state index is 12.5. The lowest BCUT2D eigenvalue weighted by molar-refractivity contribution is -0.929. The second kappa shape index (κ2) is 8.60. The molecule has 26 heavy (non-hydrogen) atoms. The number of para-hydroxylation sites is 1. The van der Waals surface area contributed by atoms with Crippen molar-refractivity contribution in [1.29, 1.82) is 0 Å². The fourth-order valence-electron chi connectivity index (χ4n) is 3.52. The molecular weight excluding hydrogens is 348 g/mol. The van der Waals surface area contributed by atoms with Crippen LogP contribution in [0, 0.1) is 0 Å². The minimum atomic E-state index is -0.507. The summed E-state index contributed by atoms with van der Waals surface area (Å²) in [4.78, 5) is 30.3. The maximum absolute atomic E-state index is 12.5. The molecule has 2 heterocycles. The molecule has 1 saturated heterocycles. The van der Waals surface area contributed by atoms with Gasteiger partial charge in [-0.15, -0.1) is 11.3 Å². The van der Waals surface area contributed by atoms with Gasteiger partial charge in [-0.2, -0.15) is 0 Å². The van der Waals surface area contributed by atoms with Crippen molar-refractivity contribution < 1.29 is 14.5 Å². The van der Waals surface area contributed by atoms with Crippen molar-refractivity contribution in [3.63, 3.8) is 0 Å². The summed E-state index contributed by atoms with van der Waals surface area (Å²) in [5.74, 6) is -0.219. The predicted octanol–water partition coefficient (Wildman–Crippen LogP) is 1.05. The molecule has 0 bridgehead atoms. The number of nitrogens with one attached hydrogen (secondary N) is 3. The quantitative estimate of drug-likeness (QED) is 0.706. The van der Waals surface area contributed by atoms with Crippen molar-refractivity contribution in [2.75, 3.05) is 19.6 Å². The molecule has 0 radical (unpaired) electrons. The van der Waals surface area contributed by atoms with Crippen molar-refractivity contribution >= 4 is 33.4 Å². The van der Waals surface area contributed by atoms with Gasteiger partial charge in [0.05, 0.1) is 16.8 Å². The summed E-state index contributed by atoms with van der Waals surface area (Å²) >= 11 is 1.73. The summed E-state index contributed by atoms with van der Waals surface area (Å²) in [6, 6.07) is 7.93. The molecule has 3 N–H and O–H groups in total. The van der Waals surface area contributed by atoms with E-state index < -0.39 is 6.04 Å². The van der Waals surface area contributed by atoms with Crippen LogP contribution >= 0.6 is 11.3 Å². The number of carbonyl (C=O) groups is 2. The Morgan fingerprint density at radius 3 is 2.92 bits per heavy atom. The van der Waals surface area contributed by atoms with E-state index in [-0.39, 0.29) is 17.9 Å². The number of aromatic nitrogens is 1. The van der Waals surface area contributed by atoms with Gasteiger partial charge in [0, 0.05) is 13.0 Å². The van der Waals surface area contributed by atoms with E-state index in [2.05, 4.69) is 16.7 Å². The lowest BCUT2D eigenvalue weighted by atomic mass is 10.0. The Labute approximate surface area is 158 Å². The molecule has 2 aromatic rings. The summed E-state index contributed by atoms with van der Waals surface area (Å²) in [6.45, 7) is 5.50. The standard InChI is InChI=1S/C19H26N4O2S/c1-3-20-18(25)13(2)21-17(24)12-23-11-7-6-9-15(23)19-22-14-8-4-5-10-16(14)26-19/h4-5,8,10,13,15H,3,6-7,9,11-12H2,1-2H3,(H,20,25)(H,21,24)/p+1/t13-,15+/m0/s1. The van der Waals surface area contributed by atoms with Gasteiger partial charge in [0.2, 0.25) is 5.91 Å². The van der Waals surface area contributed by atoms with E-state index in [1.54, 1.807) is 18.3 Å². The Bertz CT molecular complexity index is 743. The molecule has 1 aliphatic heterocycles. The number of piperidine rings is 1. The monoisotopic (exact) mass is 375 g/mol. The Hall–Kier alpha value is -1.99. The van der Waals surface area contributed by atoms with Gasteiger partial charge < -0.3 is 15.5 Å². The number of nitrogens with zero attached hydrogens (tertiary/aromatic N) is 1. The van der Waals surface area contributed by atoms with Crippen molar-refractivity contribution in [2.24, 2.45) is 0 Å². The highest BCUT2D eigenvalue weighted by atomic mass is 32.1. The number of amides is 2. The second-order valence-electron chi connectivity index (χ2n) is 6.84. The lowest BCUT2D eigenvalue weighted by Crippen LogP contribution is -3.14. The van der Waals surface area contributed by atoms with E-state index in [0.717, 1.165) is 29.9 Å². The molecular formula is C19H27N4O2S+. The molecule has 3 rings (SSSR count). The first-order valence-corrected chi connectivity index (χ1v) is 10.2. The van der Waals surface area contributed by atoms with Crippen molar-refractivity contribution in [3.8, 4) is 0 Å². The van der Waals surface area contributed by atoms with Gasteiger partial charge >= 0.3 is 0 Å². The highest BCUT2D eigenvalue weighted by Crippen LogP contribution is 2.28. The average Bonchev–Trinajstić information content (AvgIpc) is 3.06. The van der Waals surface area contributed by atoms with Gasteiger partial charge in [0.15, 0.2) is 11.6 Å². The minimum Gasteiger partial charge on any atom is -0.355 e. The number of carbonyl (C=O) groups excluding carboxylic acids is 2. The van der Waals surface area contributed by atoms with Crippen LogP contribution < -0.4 is 15.5 Å². The third-order valence-electron chi connectivity index (χ3n) is 4.85.